The molecule has 204 valence electrons. The fraction of sp³-hybridized carbons (Fsp3) is 0.323. The first-order valence-corrected chi connectivity index (χ1v) is 14.8. The molecule has 2 aliphatic rings. The molecule has 0 spiro atoms. The summed E-state index contributed by atoms with van der Waals surface area (Å²) in [7, 11) is 0. The first-order chi connectivity index (χ1) is 19.5. The lowest BCUT2D eigenvalue weighted by Gasteiger charge is -2.38. The summed E-state index contributed by atoms with van der Waals surface area (Å²) in [5.74, 6) is 0.659. The van der Waals surface area contributed by atoms with Crippen LogP contribution in [0.5, 0.6) is 0 Å². The third kappa shape index (κ3) is 4.84. The molecule has 9 heteroatoms. The third-order valence-corrected chi connectivity index (χ3v) is 8.78. The van der Waals surface area contributed by atoms with Gasteiger partial charge in [0.25, 0.3) is 0 Å². The molecular weight excluding hydrogens is 521 g/mol. The SMILES string of the molecule is CC(C)N1CCN(c2cc3c(cc2Nc2nnc(-c4ccccc4)s2)nc(-c2ccc(F)cc2)n3C2CC2)CC1. The Balaban J connectivity index is 1.31. The van der Waals surface area contributed by atoms with E-state index in [1.54, 1.807) is 11.3 Å². The van der Waals surface area contributed by atoms with Crippen molar-refractivity contribution in [2.45, 2.75) is 38.8 Å². The number of aromatic nitrogens is 4. The smallest absolute Gasteiger partial charge is 0.210 e. The van der Waals surface area contributed by atoms with Gasteiger partial charge in [0, 0.05) is 49.4 Å². The van der Waals surface area contributed by atoms with Gasteiger partial charge in [0.2, 0.25) is 5.13 Å². The number of rotatable bonds is 7. The Hall–Kier alpha value is -3.82. The van der Waals surface area contributed by atoms with Crippen LogP contribution in [0, 0.1) is 5.82 Å². The third-order valence-electron chi connectivity index (χ3n) is 7.89. The molecule has 1 N–H and O–H groups in total. The molecule has 7 rings (SSSR count). The second-order valence-electron chi connectivity index (χ2n) is 10.9. The lowest BCUT2D eigenvalue weighted by molar-refractivity contribution is 0.209. The van der Waals surface area contributed by atoms with Crippen LogP contribution in [-0.4, -0.2) is 56.9 Å². The molecule has 1 saturated carbocycles. The second-order valence-corrected chi connectivity index (χ2v) is 11.9. The van der Waals surface area contributed by atoms with Crippen molar-refractivity contribution < 1.29 is 4.39 Å². The molecular formula is C31H32FN7S. The van der Waals surface area contributed by atoms with Gasteiger partial charge in [-0.2, -0.15) is 0 Å². The Morgan fingerprint density at radius 1 is 0.900 bits per heavy atom. The Morgan fingerprint density at radius 2 is 1.65 bits per heavy atom. The van der Waals surface area contributed by atoms with Crippen LogP contribution in [0.3, 0.4) is 0 Å². The molecule has 7 nitrogen and oxygen atoms in total. The summed E-state index contributed by atoms with van der Waals surface area (Å²) < 4.78 is 16.1. The van der Waals surface area contributed by atoms with Gasteiger partial charge < -0.3 is 14.8 Å². The number of fused-ring (bicyclic) bond motifs is 1. The van der Waals surface area contributed by atoms with Crippen LogP contribution in [0.4, 0.5) is 20.9 Å². The van der Waals surface area contributed by atoms with Crippen LogP contribution in [0.1, 0.15) is 32.7 Å². The Labute approximate surface area is 237 Å². The van der Waals surface area contributed by atoms with Crippen molar-refractivity contribution >= 4 is 38.9 Å². The highest BCUT2D eigenvalue weighted by Gasteiger charge is 2.30. The number of hydrogen-bond acceptors (Lipinski definition) is 7. The van der Waals surface area contributed by atoms with Crippen LogP contribution in [0.25, 0.3) is 33.0 Å². The number of benzene rings is 3. The zero-order valence-corrected chi connectivity index (χ0v) is 23.5. The number of nitrogens with one attached hydrogen (secondary N) is 1. The number of hydrogen-bond donors (Lipinski definition) is 1. The van der Waals surface area contributed by atoms with Crippen LogP contribution in [-0.2, 0) is 0 Å². The first kappa shape index (κ1) is 25.2. The highest BCUT2D eigenvalue weighted by Crippen LogP contribution is 2.44. The van der Waals surface area contributed by atoms with Crippen molar-refractivity contribution in [1.82, 2.24) is 24.6 Å². The monoisotopic (exact) mass is 553 g/mol. The first-order valence-electron chi connectivity index (χ1n) is 14.0. The molecule has 0 radical (unpaired) electrons. The van der Waals surface area contributed by atoms with Crippen molar-refractivity contribution in [2.24, 2.45) is 0 Å². The fourth-order valence-electron chi connectivity index (χ4n) is 5.56. The maximum Gasteiger partial charge on any atom is 0.210 e. The lowest BCUT2D eigenvalue weighted by atomic mass is 10.1. The lowest BCUT2D eigenvalue weighted by Crippen LogP contribution is -2.49. The highest BCUT2D eigenvalue weighted by atomic mass is 32.1. The quantitative estimate of drug-likeness (QED) is 0.235. The molecule has 0 unspecified atom stereocenters. The van der Waals surface area contributed by atoms with E-state index in [-0.39, 0.29) is 5.82 Å². The molecule has 3 heterocycles. The molecule has 2 fully saturated rings. The van der Waals surface area contributed by atoms with Crippen molar-refractivity contribution in [3.05, 3.63) is 72.5 Å². The van der Waals surface area contributed by atoms with Crippen molar-refractivity contribution in [2.75, 3.05) is 36.4 Å². The Kier molecular flexibility index (Phi) is 6.48. The molecule has 0 atom stereocenters. The average molecular weight is 554 g/mol. The van der Waals surface area contributed by atoms with Gasteiger partial charge in [-0.3, -0.25) is 4.90 Å². The highest BCUT2D eigenvalue weighted by molar-refractivity contribution is 7.18. The summed E-state index contributed by atoms with van der Waals surface area (Å²) in [5, 5.41) is 14.2. The van der Waals surface area contributed by atoms with E-state index in [0.29, 0.717) is 12.1 Å². The minimum atomic E-state index is -0.237. The van der Waals surface area contributed by atoms with Crippen LogP contribution < -0.4 is 10.2 Å². The largest absolute Gasteiger partial charge is 0.367 e. The summed E-state index contributed by atoms with van der Waals surface area (Å²) in [6, 6.07) is 22.2. The van der Waals surface area contributed by atoms with Gasteiger partial charge >= 0.3 is 0 Å². The molecule has 0 bridgehead atoms. The van der Waals surface area contributed by atoms with E-state index >= 15 is 0 Å². The molecule has 3 aromatic carbocycles. The van der Waals surface area contributed by atoms with E-state index in [4.69, 9.17) is 4.98 Å². The van der Waals surface area contributed by atoms with E-state index in [9.17, 15) is 4.39 Å². The van der Waals surface area contributed by atoms with Crippen LogP contribution >= 0.6 is 11.3 Å². The topological polar surface area (TPSA) is 62.1 Å². The Morgan fingerprint density at radius 3 is 2.35 bits per heavy atom. The number of anilines is 3. The molecule has 0 amide bonds. The maximum absolute atomic E-state index is 13.7. The minimum absolute atomic E-state index is 0.237. The summed E-state index contributed by atoms with van der Waals surface area (Å²) in [4.78, 5) is 10.1. The standard InChI is InChI=1S/C31H32FN7S/c1-20(2)37-14-16-38(17-15-37)27-19-28-26(33-29(39(28)24-12-13-24)21-8-10-23(32)11-9-21)18-25(27)34-31-36-35-30(40-31)22-6-4-3-5-7-22/h3-11,18-20,24H,12-17H2,1-2H3,(H,34,36). The predicted octanol–water partition coefficient (Wildman–Crippen LogP) is 6.97. The molecule has 2 aromatic heterocycles. The Bertz CT molecular complexity index is 1630. The van der Waals surface area contributed by atoms with Crippen molar-refractivity contribution in [1.29, 1.82) is 0 Å². The normalized spacial score (nSPS) is 16.2. The van der Waals surface area contributed by atoms with Crippen molar-refractivity contribution in [3.8, 4) is 22.0 Å². The summed E-state index contributed by atoms with van der Waals surface area (Å²) in [6.45, 7) is 8.47. The fourth-order valence-corrected chi connectivity index (χ4v) is 6.32. The second kappa shape index (κ2) is 10.3. The van der Waals surface area contributed by atoms with E-state index in [1.807, 2.05) is 30.3 Å². The molecule has 5 aromatic rings. The number of halogens is 1. The summed E-state index contributed by atoms with van der Waals surface area (Å²) >= 11 is 1.55. The number of nitrogens with zero attached hydrogens (tertiary/aromatic N) is 6. The van der Waals surface area contributed by atoms with Crippen LogP contribution in [0.15, 0.2) is 66.7 Å². The van der Waals surface area contributed by atoms with Crippen molar-refractivity contribution in [3.63, 3.8) is 0 Å². The van der Waals surface area contributed by atoms with Gasteiger partial charge in [-0.25, -0.2) is 9.37 Å². The maximum atomic E-state index is 13.7. The molecule has 1 saturated heterocycles. The van der Waals surface area contributed by atoms with E-state index in [2.05, 4.69) is 68.0 Å². The molecule has 40 heavy (non-hydrogen) atoms. The van der Waals surface area contributed by atoms with Gasteiger partial charge in [-0.1, -0.05) is 41.7 Å². The van der Waals surface area contributed by atoms with Gasteiger partial charge in [0.05, 0.1) is 22.4 Å². The molecule has 1 aliphatic heterocycles. The summed E-state index contributed by atoms with van der Waals surface area (Å²) in [5.41, 5.74) is 6.16. The van der Waals surface area contributed by atoms with E-state index in [0.717, 1.165) is 88.5 Å². The van der Waals surface area contributed by atoms with E-state index in [1.165, 1.54) is 12.1 Å². The zero-order valence-electron chi connectivity index (χ0n) is 22.7. The average Bonchev–Trinajstić information content (AvgIpc) is 3.59. The van der Waals surface area contributed by atoms with Gasteiger partial charge in [-0.05, 0) is 63.1 Å². The van der Waals surface area contributed by atoms with Gasteiger partial charge in [-0.15, -0.1) is 10.2 Å². The predicted molar refractivity (Wildman–Crippen MR) is 161 cm³/mol. The number of imidazole rings is 1. The zero-order chi connectivity index (χ0) is 27.2. The van der Waals surface area contributed by atoms with E-state index < -0.39 is 0 Å². The van der Waals surface area contributed by atoms with Crippen LogP contribution in [0.2, 0.25) is 0 Å². The minimum Gasteiger partial charge on any atom is -0.367 e. The van der Waals surface area contributed by atoms with Gasteiger partial charge in [0.1, 0.15) is 16.6 Å². The summed E-state index contributed by atoms with van der Waals surface area (Å²) in [6.07, 6.45) is 2.27. The molecule has 1 aliphatic carbocycles. The van der Waals surface area contributed by atoms with Gasteiger partial charge in [0.15, 0.2) is 0 Å². The number of piperazine rings is 1.